The summed E-state index contributed by atoms with van der Waals surface area (Å²) in [6, 6.07) is 3.95. The van der Waals surface area contributed by atoms with Crippen molar-refractivity contribution >= 4 is 29.7 Å². The summed E-state index contributed by atoms with van der Waals surface area (Å²) >= 11 is 1.62. The van der Waals surface area contributed by atoms with Gasteiger partial charge in [0.1, 0.15) is 0 Å². The molecule has 3 N–H and O–H groups in total. The number of hydrogen-bond acceptors (Lipinski definition) is 7. The fourth-order valence-corrected chi connectivity index (χ4v) is 2.28. The molecule has 116 valence electrons. The fourth-order valence-electron chi connectivity index (χ4n) is 1.63. The van der Waals surface area contributed by atoms with Crippen LogP contribution in [-0.2, 0) is 24.4 Å². The first-order valence-electron chi connectivity index (χ1n) is 6.16. The molecule has 0 saturated heterocycles. The van der Waals surface area contributed by atoms with Crippen LogP contribution in [0.3, 0.4) is 0 Å². The minimum atomic E-state index is -0.0385. The Balaban J connectivity index is 0.00000220. The van der Waals surface area contributed by atoms with Gasteiger partial charge in [-0.2, -0.15) is 4.98 Å². The van der Waals surface area contributed by atoms with Gasteiger partial charge in [-0.05, 0) is 18.5 Å². The predicted octanol–water partition coefficient (Wildman–Crippen LogP) is 0.760. The van der Waals surface area contributed by atoms with Crippen molar-refractivity contribution in [3.8, 4) is 0 Å². The van der Waals surface area contributed by atoms with Gasteiger partial charge in [0.2, 0.25) is 11.8 Å². The van der Waals surface area contributed by atoms with Crippen molar-refractivity contribution in [1.29, 1.82) is 0 Å². The maximum Gasteiger partial charge on any atom is 0.240 e. The molecular formula is C12H18ClN5O2S. The predicted molar refractivity (Wildman–Crippen MR) is 81.9 cm³/mol. The van der Waals surface area contributed by atoms with Gasteiger partial charge in [-0.15, -0.1) is 23.7 Å². The maximum absolute atomic E-state index is 11.8. The number of carbonyl (C=O) groups is 1. The Morgan fingerprint density at radius 3 is 3.00 bits per heavy atom. The van der Waals surface area contributed by atoms with Crippen molar-refractivity contribution in [3.63, 3.8) is 0 Å². The van der Waals surface area contributed by atoms with Crippen LogP contribution in [0.15, 0.2) is 22.0 Å². The van der Waals surface area contributed by atoms with E-state index in [1.54, 1.807) is 11.3 Å². The molecule has 2 rings (SSSR count). The van der Waals surface area contributed by atoms with Crippen LogP contribution in [0.4, 0.5) is 0 Å². The van der Waals surface area contributed by atoms with E-state index in [1.165, 1.54) is 0 Å². The van der Waals surface area contributed by atoms with Gasteiger partial charge in [-0.1, -0.05) is 11.2 Å². The molecule has 2 aromatic rings. The van der Waals surface area contributed by atoms with E-state index in [2.05, 4.69) is 15.5 Å². The molecule has 1 amide bonds. The third-order valence-corrected chi connectivity index (χ3v) is 3.43. The molecule has 0 atom stereocenters. The molecule has 2 aromatic heterocycles. The lowest BCUT2D eigenvalue weighted by Gasteiger charge is -2.13. The van der Waals surface area contributed by atoms with Crippen LogP contribution in [0, 0.1) is 0 Å². The zero-order valence-electron chi connectivity index (χ0n) is 11.6. The summed E-state index contributed by atoms with van der Waals surface area (Å²) in [6.45, 7) is 1.50. The molecular weight excluding hydrogens is 314 g/mol. The quantitative estimate of drug-likeness (QED) is 0.777. The molecule has 0 spiro atoms. The molecule has 9 heteroatoms. The van der Waals surface area contributed by atoms with Crippen LogP contribution < -0.4 is 11.1 Å². The number of nitrogens with one attached hydrogen (secondary N) is 1. The zero-order chi connectivity index (χ0) is 14.4. The average Bonchev–Trinajstić information content (AvgIpc) is 3.06. The smallest absolute Gasteiger partial charge is 0.240 e. The van der Waals surface area contributed by atoms with E-state index >= 15 is 0 Å². The molecule has 0 saturated carbocycles. The lowest BCUT2D eigenvalue weighted by atomic mass is 10.4. The third kappa shape index (κ3) is 5.80. The van der Waals surface area contributed by atoms with E-state index in [-0.39, 0.29) is 31.4 Å². The summed E-state index contributed by atoms with van der Waals surface area (Å²) in [4.78, 5) is 18.8. The molecule has 0 aliphatic rings. The number of likely N-dealkylation sites (N-methyl/N-ethyl adjacent to an activating group) is 1. The number of thiophene rings is 1. The number of nitrogens with zero attached hydrogens (tertiary/aromatic N) is 3. The monoisotopic (exact) mass is 331 g/mol. The lowest BCUT2D eigenvalue weighted by Crippen LogP contribution is -2.34. The first-order chi connectivity index (χ1) is 9.67. The zero-order valence-corrected chi connectivity index (χ0v) is 13.2. The number of halogens is 1. The molecule has 0 aliphatic heterocycles. The van der Waals surface area contributed by atoms with Gasteiger partial charge in [0, 0.05) is 4.88 Å². The Labute approximate surface area is 132 Å². The fraction of sp³-hybridized carbons (Fsp3) is 0.417. The molecule has 0 unspecified atom stereocenters. The topological polar surface area (TPSA) is 97.3 Å². The molecule has 0 radical (unpaired) electrons. The van der Waals surface area contributed by atoms with Gasteiger partial charge in [0.05, 0.1) is 26.2 Å². The molecule has 0 bridgehead atoms. The van der Waals surface area contributed by atoms with Crippen molar-refractivity contribution in [2.45, 2.75) is 19.6 Å². The lowest BCUT2D eigenvalue weighted by molar-refractivity contribution is -0.122. The summed E-state index contributed by atoms with van der Waals surface area (Å²) in [5, 5.41) is 8.63. The van der Waals surface area contributed by atoms with E-state index in [9.17, 15) is 4.79 Å². The highest BCUT2D eigenvalue weighted by molar-refractivity contribution is 7.09. The minimum Gasteiger partial charge on any atom is -0.350 e. The van der Waals surface area contributed by atoms with Gasteiger partial charge in [0.15, 0.2) is 5.82 Å². The van der Waals surface area contributed by atoms with Gasteiger partial charge in [0.25, 0.3) is 0 Å². The number of carbonyl (C=O) groups excluding carboxylic acids is 1. The number of rotatable bonds is 7. The standard InChI is InChI=1S/C12H17N5O2S.ClH/c1-17(7-10-15-12(5-13)19-16-10)8-11(18)14-6-9-3-2-4-20-9;/h2-4H,5-8,13H2,1H3,(H,14,18);1H. The first-order valence-corrected chi connectivity index (χ1v) is 7.04. The number of nitrogens with two attached hydrogens (primary N) is 1. The molecule has 7 nitrogen and oxygen atoms in total. The Morgan fingerprint density at radius 2 is 2.38 bits per heavy atom. The molecule has 2 heterocycles. The van der Waals surface area contributed by atoms with Crippen LogP contribution in [0.5, 0.6) is 0 Å². The number of amides is 1. The first kappa shape index (κ1) is 17.6. The Kier molecular flexibility index (Phi) is 7.30. The van der Waals surface area contributed by atoms with E-state index in [0.717, 1.165) is 4.88 Å². The van der Waals surface area contributed by atoms with Gasteiger partial charge in [-0.25, -0.2) is 0 Å². The molecule has 0 fully saturated rings. The van der Waals surface area contributed by atoms with E-state index < -0.39 is 0 Å². The van der Waals surface area contributed by atoms with E-state index in [1.807, 2.05) is 29.5 Å². The summed E-state index contributed by atoms with van der Waals surface area (Å²) in [6.07, 6.45) is 0. The van der Waals surface area contributed by atoms with Crippen molar-refractivity contribution < 1.29 is 9.32 Å². The van der Waals surface area contributed by atoms with Crippen molar-refractivity contribution in [3.05, 3.63) is 34.1 Å². The SMILES string of the molecule is CN(CC(=O)NCc1cccs1)Cc1noc(CN)n1.Cl. The van der Waals surface area contributed by atoms with Crippen LogP contribution in [-0.4, -0.2) is 34.5 Å². The van der Waals surface area contributed by atoms with E-state index in [0.29, 0.717) is 24.8 Å². The van der Waals surface area contributed by atoms with Crippen molar-refractivity contribution in [1.82, 2.24) is 20.4 Å². The highest BCUT2D eigenvalue weighted by Crippen LogP contribution is 2.07. The van der Waals surface area contributed by atoms with Crippen LogP contribution >= 0.6 is 23.7 Å². The maximum atomic E-state index is 11.8. The molecule has 21 heavy (non-hydrogen) atoms. The summed E-state index contributed by atoms with van der Waals surface area (Å²) < 4.78 is 4.90. The number of hydrogen-bond donors (Lipinski definition) is 2. The van der Waals surface area contributed by atoms with Crippen LogP contribution in [0.2, 0.25) is 0 Å². The second-order valence-corrected chi connectivity index (χ2v) is 5.37. The van der Waals surface area contributed by atoms with Crippen molar-refractivity contribution in [2.75, 3.05) is 13.6 Å². The summed E-state index contributed by atoms with van der Waals surface area (Å²) in [7, 11) is 1.82. The Bertz CT molecular complexity index is 546. The second-order valence-electron chi connectivity index (χ2n) is 4.34. The highest BCUT2D eigenvalue weighted by Gasteiger charge is 2.11. The van der Waals surface area contributed by atoms with E-state index in [4.69, 9.17) is 10.3 Å². The van der Waals surface area contributed by atoms with Crippen molar-refractivity contribution in [2.24, 2.45) is 5.73 Å². The Morgan fingerprint density at radius 1 is 1.57 bits per heavy atom. The highest BCUT2D eigenvalue weighted by atomic mass is 35.5. The van der Waals surface area contributed by atoms with Gasteiger partial charge in [-0.3, -0.25) is 9.69 Å². The van der Waals surface area contributed by atoms with Crippen LogP contribution in [0.1, 0.15) is 16.6 Å². The third-order valence-electron chi connectivity index (χ3n) is 2.55. The van der Waals surface area contributed by atoms with Gasteiger partial charge >= 0.3 is 0 Å². The number of aromatic nitrogens is 2. The average molecular weight is 332 g/mol. The molecule has 0 aliphatic carbocycles. The summed E-state index contributed by atoms with van der Waals surface area (Å²) in [5.41, 5.74) is 5.39. The van der Waals surface area contributed by atoms with Crippen LogP contribution in [0.25, 0.3) is 0 Å². The summed E-state index contributed by atoms with van der Waals surface area (Å²) in [5.74, 6) is 0.887. The van der Waals surface area contributed by atoms with Gasteiger partial charge < -0.3 is 15.6 Å². The Hall–Kier alpha value is -1.48. The minimum absolute atomic E-state index is 0. The normalized spacial score (nSPS) is 10.4. The molecule has 0 aromatic carbocycles. The largest absolute Gasteiger partial charge is 0.350 e. The second kappa shape index (κ2) is 8.73.